The quantitative estimate of drug-likeness (QED) is 0.456. The van der Waals surface area contributed by atoms with Gasteiger partial charge in [-0.2, -0.15) is 0 Å². The number of anilines is 1. The van der Waals surface area contributed by atoms with Crippen molar-refractivity contribution in [1.29, 1.82) is 0 Å². The Morgan fingerprint density at radius 3 is 2.13 bits per heavy atom. The van der Waals surface area contributed by atoms with Gasteiger partial charge in [0.05, 0.1) is 0 Å². The molecule has 0 saturated carbocycles. The number of carbonyl (C=O) groups excluding carboxylic acids is 2. The molecule has 0 aromatic heterocycles. The van der Waals surface area contributed by atoms with Crippen molar-refractivity contribution in [2.24, 2.45) is 0 Å². The van der Waals surface area contributed by atoms with Gasteiger partial charge in [-0.1, -0.05) is 18.2 Å². The van der Waals surface area contributed by atoms with Crippen LogP contribution in [0.15, 0.2) is 60.7 Å². The number of carbonyl (C=O) groups is 2. The molecule has 0 bridgehead atoms. The maximum absolute atomic E-state index is 12.5. The van der Waals surface area contributed by atoms with Gasteiger partial charge in [-0.3, -0.25) is 4.79 Å². The van der Waals surface area contributed by atoms with Gasteiger partial charge in [0.2, 0.25) is 0 Å². The van der Waals surface area contributed by atoms with E-state index in [1.807, 2.05) is 64.1 Å². The zero-order valence-electron chi connectivity index (χ0n) is 17.6. The second-order valence-corrected chi connectivity index (χ2v) is 7.31. The fourth-order valence-corrected chi connectivity index (χ4v) is 2.85. The van der Waals surface area contributed by atoms with Crippen LogP contribution in [0, 0.1) is 27.7 Å². The summed E-state index contributed by atoms with van der Waals surface area (Å²) >= 11 is 0. The third kappa shape index (κ3) is 5.47. The Bertz CT molecular complexity index is 1070. The third-order valence-electron chi connectivity index (χ3n) is 4.82. The smallest absolute Gasteiger partial charge is 0.349 e. The van der Waals surface area contributed by atoms with Crippen LogP contribution in [0.5, 0.6) is 11.5 Å². The van der Waals surface area contributed by atoms with Crippen LogP contribution in [0.25, 0.3) is 0 Å². The average Bonchev–Trinajstić information content (AvgIpc) is 2.72. The molecular weight excluding hydrogens is 378 g/mol. The number of hydrogen-bond donors (Lipinski definition) is 1. The summed E-state index contributed by atoms with van der Waals surface area (Å²) in [5, 5.41) is 2.91. The van der Waals surface area contributed by atoms with E-state index in [2.05, 4.69) is 5.32 Å². The maximum atomic E-state index is 12.5. The Kier molecular flexibility index (Phi) is 6.52. The molecule has 5 heteroatoms. The fraction of sp³-hybridized carbons (Fsp3) is 0.200. The van der Waals surface area contributed by atoms with Crippen LogP contribution in [0.2, 0.25) is 0 Å². The van der Waals surface area contributed by atoms with E-state index in [0.717, 1.165) is 27.9 Å². The van der Waals surface area contributed by atoms with Crippen molar-refractivity contribution in [3.05, 3.63) is 88.5 Å². The minimum Gasteiger partial charge on any atom is -0.482 e. The van der Waals surface area contributed by atoms with Crippen molar-refractivity contribution in [3.8, 4) is 11.5 Å². The van der Waals surface area contributed by atoms with Crippen molar-refractivity contribution in [3.63, 3.8) is 0 Å². The van der Waals surface area contributed by atoms with Crippen LogP contribution in [-0.2, 0) is 4.79 Å². The first kappa shape index (κ1) is 21.1. The molecule has 0 unspecified atom stereocenters. The van der Waals surface area contributed by atoms with Crippen molar-refractivity contribution in [2.75, 3.05) is 11.9 Å². The third-order valence-corrected chi connectivity index (χ3v) is 4.82. The summed E-state index contributed by atoms with van der Waals surface area (Å²) in [4.78, 5) is 24.5. The van der Waals surface area contributed by atoms with E-state index in [9.17, 15) is 9.59 Å². The Hall–Kier alpha value is -3.60. The Morgan fingerprint density at radius 1 is 0.767 bits per heavy atom. The van der Waals surface area contributed by atoms with E-state index < -0.39 is 5.97 Å². The standard InChI is InChI=1S/C25H25NO4/c1-16-5-6-18(3)23(13-16)26-25(28)20-8-11-21(12-9-20)30-24(27)15-29-22-10-7-17(2)19(4)14-22/h5-14H,15H2,1-4H3,(H,26,28). The molecule has 0 heterocycles. The van der Waals surface area contributed by atoms with Gasteiger partial charge in [-0.15, -0.1) is 0 Å². The second kappa shape index (κ2) is 9.27. The molecule has 30 heavy (non-hydrogen) atoms. The first-order valence-corrected chi connectivity index (χ1v) is 9.71. The normalized spacial score (nSPS) is 10.4. The number of rotatable bonds is 6. The molecule has 154 valence electrons. The minimum atomic E-state index is -0.513. The topological polar surface area (TPSA) is 64.6 Å². The summed E-state index contributed by atoms with van der Waals surface area (Å²) in [6.45, 7) is 7.72. The molecule has 0 aliphatic carbocycles. The molecule has 0 radical (unpaired) electrons. The summed E-state index contributed by atoms with van der Waals surface area (Å²) in [6, 6.07) is 18.0. The van der Waals surface area contributed by atoms with Crippen LogP contribution in [0.1, 0.15) is 32.6 Å². The summed E-state index contributed by atoms with van der Waals surface area (Å²) < 4.78 is 10.8. The van der Waals surface area contributed by atoms with Crippen molar-refractivity contribution in [1.82, 2.24) is 0 Å². The Labute approximate surface area is 176 Å². The zero-order valence-corrected chi connectivity index (χ0v) is 17.6. The summed E-state index contributed by atoms with van der Waals surface area (Å²) in [5.41, 5.74) is 5.56. The number of benzene rings is 3. The van der Waals surface area contributed by atoms with Gasteiger partial charge in [0.15, 0.2) is 6.61 Å². The molecule has 3 aromatic carbocycles. The highest BCUT2D eigenvalue weighted by Gasteiger charge is 2.10. The Morgan fingerprint density at radius 2 is 1.43 bits per heavy atom. The van der Waals surface area contributed by atoms with Crippen LogP contribution in [0.4, 0.5) is 5.69 Å². The van der Waals surface area contributed by atoms with E-state index in [1.54, 1.807) is 24.3 Å². The van der Waals surface area contributed by atoms with E-state index in [0.29, 0.717) is 17.1 Å². The van der Waals surface area contributed by atoms with E-state index in [-0.39, 0.29) is 12.5 Å². The lowest BCUT2D eigenvalue weighted by Crippen LogP contribution is -2.18. The van der Waals surface area contributed by atoms with Gasteiger partial charge in [-0.05, 0) is 92.4 Å². The van der Waals surface area contributed by atoms with Crippen molar-refractivity contribution >= 4 is 17.6 Å². The second-order valence-electron chi connectivity index (χ2n) is 7.31. The molecule has 3 rings (SSSR count). The predicted octanol–water partition coefficient (Wildman–Crippen LogP) is 5.16. The molecule has 0 aliphatic rings. The number of hydrogen-bond acceptors (Lipinski definition) is 4. The summed E-state index contributed by atoms with van der Waals surface area (Å²) in [7, 11) is 0. The van der Waals surface area contributed by atoms with Crippen LogP contribution < -0.4 is 14.8 Å². The summed E-state index contributed by atoms with van der Waals surface area (Å²) in [6.07, 6.45) is 0. The molecular formula is C25H25NO4. The molecule has 1 amide bonds. The molecule has 0 saturated heterocycles. The fourth-order valence-electron chi connectivity index (χ4n) is 2.85. The number of ether oxygens (including phenoxy) is 2. The van der Waals surface area contributed by atoms with Gasteiger partial charge in [-0.25, -0.2) is 4.79 Å². The molecule has 3 aromatic rings. The molecule has 5 nitrogen and oxygen atoms in total. The van der Waals surface area contributed by atoms with Crippen LogP contribution >= 0.6 is 0 Å². The van der Waals surface area contributed by atoms with E-state index >= 15 is 0 Å². The zero-order chi connectivity index (χ0) is 21.7. The van der Waals surface area contributed by atoms with Gasteiger partial charge >= 0.3 is 5.97 Å². The molecule has 0 fully saturated rings. The highest BCUT2D eigenvalue weighted by Crippen LogP contribution is 2.19. The number of aryl methyl sites for hydroxylation is 4. The SMILES string of the molecule is Cc1ccc(C)c(NC(=O)c2ccc(OC(=O)COc3ccc(C)c(C)c3)cc2)c1. The van der Waals surface area contributed by atoms with E-state index in [4.69, 9.17) is 9.47 Å². The van der Waals surface area contributed by atoms with Crippen molar-refractivity contribution in [2.45, 2.75) is 27.7 Å². The maximum Gasteiger partial charge on any atom is 0.349 e. The molecule has 0 spiro atoms. The molecule has 0 atom stereocenters. The summed E-state index contributed by atoms with van der Waals surface area (Å²) in [5.74, 6) is 0.237. The molecule has 1 N–H and O–H groups in total. The van der Waals surface area contributed by atoms with E-state index in [1.165, 1.54) is 0 Å². The van der Waals surface area contributed by atoms with Gasteiger partial charge in [0.1, 0.15) is 11.5 Å². The number of esters is 1. The Balaban J connectivity index is 1.55. The van der Waals surface area contributed by atoms with Gasteiger partial charge in [0.25, 0.3) is 5.91 Å². The lowest BCUT2D eigenvalue weighted by Gasteiger charge is -2.10. The number of nitrogens with one attached hydrogen (secondary N) is 1. The first-order chi connectivity index (χ1) is 14.3. The number of amides is 1. The lowest BCUT2D eigenvalue weighted by atomic mass is 10.1. The molecule has 0 aliphatic heterocycles. The minimum absolute atomic E-state index is 0.197. The van der Waals surface area contributed by atoms with Gasteiger partial charge < -0.3 is 14.8 Å². The highest BCUT2D eigenvalue weighted by molar-refractivity contribution is 6.04. The van der Waals surface area contributed by atoms with Crippen LogP contribution in [-0.4, -0.2) is 18.5 Å². The van der Waals surface area contributed by atoms with Crippen LogP contribution in [0.3, 0.4) is 0 Å². The van der Waals surface area contributed by atoms with Gasteiger partial charge in [0, 0.05) is 11.3 Å². The predicted molar refractivity (Wildman–Crippen MR) is 117 cm³/mol. The average molecular weight is 403 g/mol. The van der Waals surface area contributed by atoms with Crippen molar-refractivity contribution < 1.29 is 19.1 Å². The first-order valence-electron chi connectivity index (χ1n) is 9.71. The lowest BCUT2D eigenvalue weighted by molar-refractivity contribution is -0.136. The highest BCUT2D eigenvalue weighted by atomic mass is 16.6. The monoisotopic (exact) mass is 403 g/mol. The largest absolute Gasteiger partial charge is 0.482 e.